The van der Waals surface area contributed by atoms with E-state index in [9.17, 15) is 10.2 Å². The smallest absolute Gasteiger partial charge is 0.116 e. The second-order valence-electron chi connectivity index (χ2n) is 10.1. The average Bonchev–Trinajstić information content (AvgIpc) is 3.51. The third-order valence-electron chi connectivity index (χ3n) is 7.19. The van der Waals surface area contributed by atoms with E-state index < -0.39 is 0 Å². The zero-order chi connectivity index (χ0) is 22.9. The number of hydrogen-bond acceptors (Lipinski definition) is 5. The Labute approximate surface area is 215 Å². The van der Waals surface area contributed by atoms with Crippen LogP contribution in [0.25, 0.3) is 21.9 Å². The van der Waals surface area contributed by atoms with E-state index in [2.05, 4.69) is 60.9 Å². The van der Waals surface area contributed by atoms with Crippen LogP contribution in [-0.2, 0) is 20.1 Å². The molecule has 185 valence electrons. The summed E-state index contributed by atoms with van der Waals surface area (Å²) in [6, 6.07) is 15.5. The first-order valence-electron chi connectivity index (χ1n) is 12.3. The summed E-state index contributed by atoms with van der Waals surface area (Å²) in [5.74, 6) is 1.45. The molecule has 4 unspecified atom stereocenters. The fourth-order valence-electron chi connectivity index (χ4n) is 5.70. The molecule has 3 aliphatic rings. The van der Waals surface area contributed by atoms with Gasteiger partial charge in [0.15, 0.2) is 0 Å². The third kappa shape index (κ3) is 5.06. The fourth-order valence-corrected chi connectivity index (χ4v) is 5.70. The summed E-state index contributed by atoms with van der Waals surface area (Å²) >= 11 is 0. The number of furan rings is 1. The van der Waals surface area contributed by atoms with Gasteiger partial charge in [-0.3, -0.25) is 0 Å². The van der Waals surface area contributed by atoms with Crippen LogP contribution in [0.2, 0.25) is 0 Å². The number of hydrogen-bond donors (Lipinski definition) is 2. The van der Waals surface area contributed by atoms with Gasteiger partial charge in [-0.1, -0.05) is 49.5 Å². The van der Waals surface area contributed by atoms with E-state index >= 15 is 0 Å². The zero-order valence-corrected chi connectivity index (χ0v) is 22.3. The number of anilines is 1. The molecule has 1 aliphatic heterocycles. The van der Waals surface area contributed by atoms with E-state index in [-0.39, 0.29) is 38.2 Å². The molecule has 2 fully saturated rings. The summed E-state index contributed by atoms with van der Waals surface area (Å²) in [6.45, 7) is 7.54. The number of benzene rings is 2. The molecule has 3 aromatic rings. The van der Waals surface area contributed by atoms with Gasteiger partial charge in [-0.25, -0.2) is 0 Å². The number of aliphatic hydroxyl groups excluding tert-OH is 2. The number of fused-ring (bicyclic) bond motifs is 4. The second-order valence-corrected chi connectivity index (χ2v) is 10.1. The molecule has 2 aliphatic carbocycles. The first-order valence-corrected chi connectivity index (χ1v) is 12.3. The summed E-state index contributed by atoms with van der Waals surface area (Å²) in [5.41, 5.74) is 2.76. The summed E-state index contributed by atoms with van der Waals surface area (Å²) in [6.07, 6.45) is 9.03. The van der Waals surface area contributed by atoms with Crippen LogP contribution in [0.15, 0.2) is 53.2 Å². The Morgan fingerprint density at radius 3 is 2.62 bits per heavy atom. The van der Waals surface area contributed by atoms with Gasteiger partial charge in [-0.05, 0) is 62.5 Å². The first kappa shape index (κ1) is 25.2. The Morgan fingerprint density at radius 2 is 1.82 bits per heavy atom. The number of rotatable bonds is 3. The first-order chi connectivity index (χ1) is 16.0. The minimum atomic E-state index is -0.216. The van der Waals surface area contributed by atoms with Crippen LogP contribution in [0.1, 0.15) is 46.0 Å². The molecule has 34 heavy (non-hydrogen) atoms. The van der Waals surface area contributed by atoms with Crippen molar-refractivity contribution in [3.8, 4) is 0 Å². The maximum absolute atomic E-state index is 9.59. The van der Waals surface area contributed by atoms with Crippen molar-refractivity contribution in [1.29, 1.82) is 0 Å². The van der Waals surface area contributed by atoms with E-state index in [0.717, 1.165) is 59.9 Å². The van der Waals surface area contributed by atoms with Crippen LogP contribution in [0, 0.1) is 30.5 Å². The van der Waals surface area contributed by atoms with Crippen LogP contribution >= 0.6 is 0 Å². The Bertz CT molecular complexity index is 1130. The zero-order valence-electron chi connectivity index (χ0n) is 19.9. The number of nitrogens with zero attached hydrogens (tertiary/aromatic N) is 2. The van der Waals surface area contributed by atoms with E-state index in [0.29, 0.717) is 11.8 Å². The Balaban J connectivity index is 0.000000193. The van der Waals surface area contributed by atoms with Gasteiger partial charge in [0.2, 0.25) is 0 Å². The van der Waals surface area contributed by atoms with Crippen molar-refractivity contribution in [3.05, 3.63) is 61.5 Å². The van der Waals surface area contributed by atoms with Crippen molar-refractivity contribution in [2.24, 2.45) is 17.8 Å². The van der Waals surface area contributed by atoms with E-state index in [4.69, 9.17) is 4.42 Å². The van der Waals surface area contributed by atoms with Gasteiger partial charge >= 0.3 is 0 Å². The topological polar surface area (TPSA) is 60.1 Å². The Hall–Kier alpha value is -1.85. The maximum atomic E-state index is 9.59. The summed E-state index contributed by atoms with van der Waals surface area (Å²) < 4.78 is 6.07. The summed E-state index contributed by atoms with van der Waals surface area (Å²) in [5, 5.41) is 21.4. The molecular formula is C28H34IrN2O3-2. The van der Waals surface area contributed by atoms with Gasteiger partial charge in [0.05, 0.1) is 12.2 Å². The van der Waals surface area contributed by atoms with Crippen molar-refractivity contribution in [1.82, 2.24) is 4.90 Å². The molecular weight excluding hydrogens is 605 g/mol. The maximum Gasteiger partial charge on any atom is 0.116 e. The molecule has 6 heteroatoms. The SMILES string of the molecule is CC(C)CN1C=CN(c2[c-]ccc3c2oc2ccccc23)[CH-]1.OC1CCCC2CCC(O)C12.[Ir]. The van der Waals surface area contributed by atoms with Gasteiger partial charge < -0.3 is 24.4 Å². The van der Waals surface area contributed by atoms with Gasteiger partial charge in [0.25, 0.3) is 0 Å². The molecule has 5 nitrogen and oxygen atoms in total. The van der Waals surface area contributed by atoms with E-state index in [1.807, 2.05) is 24.3 Å². The van der Waals surface area contributed by atoms with Crippen molar-refractivity contribution >= 4 is 27.6 Å². The summed E-state index contributed by atoms with van der Waals surface area (Å²) in [7, 11) is 0. The quantitative estimate of drug-likeness (QED) is 0.362. The molecule has 4 atom stereocenters. The number of para-hydroxylation sites is 1. The van der Waals surface area contributed by atoms with Gasteiger partial charge in [0, 0.05) is 37.0 Å². The third-order valence-corrected chi connectivity index (χ3v) is 7.19. The largest absolute Gasteiger partial charge is 0.514 e. The van der Waals surface area contributed by atoms with Gasteiger partial charge in [0.1, 0.15) is 5.58 Å². The van der Waals surface area contributed by atoms with Crippen molar-refractivity contribution in [3.63, 3.8) is 0 Å². The monoisotopic (exact) mass is 639 g/mol. The Kier molecular flexibility index (Phi) is 8.04. The minimum Gasteiger partial charge on any atom is -0.514 e. The summed E-state index contributed by atoms with van der Waals surface area (Å²) in [4.78, 5) is 4.27. The molecule has 1 radical (unpaired) electrons. The van der Waals surface area contributed by atoms with Crippen LogP contribution in [-0.4, -0.2) is 33.9 Å². The molecule has 0 saturated heterocycles. The molecule has 6 rings (SSSR count). The standard InChI is InChI=1S/C19H18N2O.C9H16O2.Ir/c1-14(2)12-20-10-11-21(13-20)17-8-5-7-16-15-6-3-4-9-18(15)22-19(16)17;10-7-3-1-2-6-4-5-8(11)9(6)7;/h3-7,9-11,13-14H,12H2,1-2H3;6-11H,1-5H2;/q-2;;. The predicted octanol–water partition coefficient (Wildman–Crippen LogP) is 5.67. The van der Waals surface area contributed by atoms with E-state index in [1.165, 1.54) is 6.42 Å². The van der Waals surface area contributed by atoms with Gasteiger partial charge in [-0.2, -0.15) is 24.9 Å². The number of aliphatic hydroxyl groups is 2. The van der Waals surface area contributed by atoms with Crippen LogP contribution in [0.5, 0.6) is 0 Å². The van der Waals surface area contributed by atoms with Crippen LogP contribution in [0.3, 0.4) is 0 Å². The predicted molar refractivity (Wildman–Crippen MR) is 132 cm³/mol. The molecule has 2 saturated carbocycles. The van der Waals surface area contributed by atoms with Crippen LogP contribution in [0.4, 0.5) is 5.69 Å². The molecule has 2 heterocycles. The van der Waals surface area contributed by atoms with Crippen molar-refractivity contribution in [2.75, 3.05) is 11.4 Å². The van der Waals surface area contributed by atoms with Crippen LogP contribution < -0.4 is 4.90 Å². The van der Waals surface area contributed by atoms with E-state index in [1.54, 1.807) is 0 Å². The van der Waals surface area contributed by atoms with Crippen molar-refractivity contribution < 1.29 is 34.7 Å². The van der Waals surface area contributed by atoms with Crippen molar-refractivity contribution in [2.45, 2.75) is 58.2 Å². The normalized spacial score (nSPS) is 26.0. The fraction of sp³-hybridized carbons (Fsp3) is 0.464. The average molecular weight is 639 g/mol. The molecule has 2 N–H and O–H groups in total. The second kappa shape index (κ2) is 10.8. The molecule has 0 amide bonds. The molecule has 2 aromatic carbocycles. The molecule has 1 aromatic heterocycles. The molecule has 0 spiro atoms. The molecule has 0 bridgehead atoms. The van der Waals surface area contributed by atoms with Gasteiger partial charge in [-0.15, -0.1) is 0 Å². The minimum absolute atomic E-state index is 0. The Morgan fingerprint density at radius 1 is 1.03 bits per heavy atom.